The van der Waals surface area contributed by atoms with Crippen LogP contribution in [0.4, 0.5) is 0 Å². The van der Waals surface area contributed by atoms with E-state index in [9.17, 15) is 0 Å². The summed E-state index contributed by atoms with van der Waals surface area (Å²) in [6, 6.07) is 9.43. The minimum absolute atomic E-state index is 0.670. The molecule has 0 aliphatic carbocycles. The van der Waals surface area contributed by atoms with E-state index in [4.69, 9.17) is 10.00 Å². The maximum absolute atomic E-state index is 8.67. The molecule has 1 aromatic carbocycles. The molecule has 1 aromatic rings. The molecule has 0 bridgehead atoms. The van der Waals surface area contributed by atoms with Gasteiger partial charge in [-0.2, -0.15) is 5.26 Å². The van der Waals surface area contributed by atoms with Crippen molar-refractivity contribution in [3.8, 4) is 17.9 Å². The third kappa shape index (κ3) is 3.60. The van der Waals surface area contributed by atoms with Gasteiger partial charge in [0.15, 0.2) is 0 Å². The Balaban J connectivity index is 1.89. The van der Waals surface area contributed by atoms with E-state index < -0.39 is 0 Å². The predicted molar refractivity (Wildman–Crippen MR) is 65.3 cm³/mol. The highest BCUT2D eigenvalue weighted by atomic mass is 16.5. The lowest BCUT2D eigenvalue weighted by Crippen LogP contribution is -2.36. The Labute approximate surface area is 102 Å². The topological polar surface area (TPSA) is 36.3 Å². The first kappa shape index (κ1) is 11.7. The van der Waals surface area contributed by atoms with Crippen LogP contribution in [0.2, 0.25) is 0 Å². The van der Waals surface area contributed by atoms with E-state index >= 15 is 0 Å². The highest BCUT2D eigenvalue weighted by molar-refractivity contribution is 5.39. The molecule has 3 nitrogen and oxygen atoms in total. The van der Waals surface area contributed by atoms with Crippen LogP contribution >= 0.6 is 0 Å². The quantitative estimate of drug-likeness (QED) is 0.676. The summed E-state index contributed by atoms with van der Waals surface area (Å²) in [5.74, 6) is 6.25. The van der Waals surface area contributed by atoms with Crippen LogP contribution in [0.25, 0.3) is 0 Å². The molecule has 0 aromatic heterocycles. The average molecular weight is 226 g/mol. The van der Waals surface area contributed by atoms with Gasteiger partial charge in [-0.3, -0.25) is 4.90 Å². The van der Waals surface area contributed by atoms with Crippen molar-refractivity contribution in [2.24, 2.45) is 0 Å². The lowest BCUT2D eigenvalue weighted by molar-refractivity contribution is 0.0443. The van der Waals surface area contributed by atoms with E-state index in [2.05, 4.69) is 22.8 Å². The van der Waals surface area contributed by atoms with Crippen molar-refractivity contribution in [1.82, 2.24) is 4.90 Å². The summed E-state index contributed by atoms with van der Waals surface area (Å²) < 4.78 is 5.27. The number of hydrogen-bond donors (Lipinski definition) is 0. The number of morpholine rings is 1. The van der Waals surface area contributed by atoms with Gasteiger partial charge in [0, 0.05) is 18.7 Å². The molecule has 0 N–H and O–H groups in total. The summed E-state index contributed by atoms with van der Waals surface area (Å²) in [7, 11) is 0. The smallest absolute Gasteiger partial charge is 0.0991 e. The van der Waals surface area contributed by atoms with Crippen molar-refractivity contribution in [3.05, 3.63) is 35.4 Å². The summed E-state index contributed by atoms with van der Waals surface area (Å²) in [6.45, 7) is 4.31. The molecule has 0 spiro atoms. The fourth-order valence-electron chi connectivity index (χ4n) is 1.64. The van der Waals surface area contributed by atoms with Gasteiger partial charge in [-0.25, -0.2) is 0 Å². The normalized spacial score (nSPS) is 15.7. The molecule has 0 radical (unpaired) electrons. The summed E-state index contributed by atoms with van der Waals surface area (Å²) in [5, 5.41) is 8.67. The van der Waals surface area contributed by atoms with Crippen molar-refractivity contribution < 1.29 is 4.74 Å². The van der Waals surface area contributed by atoms with Gasteiger partial charge >= 0.3 is 0 Å². The van der Waals surface area contributed by atoms with E-state index in [0.29, 0.717) is 5.56 Å². The second kappa shape index (κ2) is 6.06. The SMILES string of the molecule is N#Cc1ccc(C#CCN2CCOCC2)cc1. The second-order valence-corrected chi connectivity index (χ2v) is 3.88. The molecule has 3 heteroatoms. The zero-order chi connectivity index (χ0) is 11.9. The van der Waals surface area contributed by atoms with E-state index in [1.54, 1.807) is 12.1 Å². The lowest BCUT2D eigenvalue weighted by Gasteiger charge is -2.24. The predicted octanol–water partition coefficient (Wildman–Crippen LogP) is 1.24. The minimum atomic E-state index is 0.670. The summed E-state index contributed by atoms with van der Waals surface area (Å²) in [4.78, 5) is 2.28. The largest absolute Gasteiger partial charge is 0.379 e. The van der Waals surface area contributed by atoms with Crippen molar-refractivity contribution in [2.45, 2.75) is 0 Å². The van der Waals surface area contributed by atoms with Gasteiger partial charge in [-0.15, -0.1) is 0 Å². The molecule has 0 amide bonds. The van der Waals surface area contributed by atoms with Crippen LogP contribution in [0.5, 0.6) is 0 Å². The molecular formula is C14H14N2O. The van der Waals surface area contributed by atoms with Crippen LogP contribution in [0.1, 0.15) is 11.1 Å². The fraction of sp³-hybridized carbons (Fsp3) is 0.357. The Morgan fingerprint density at radius 2 is 1.76 bits per heavy atom. The molecule has 0 unspecified atom stereocenters. The first-order valence-corrected chi connectivity index (χ1v) is 5.67. The molecule has 1 saturated heterocycles. The molecule has 86 valence electrons. The van der Waals surface area contributed by atoms with Gasteiger partial charge in [-0.1, -0.05) is 11.8 Å². The van der Waals surface area contributed by atoms with Crippen LogP contribution in [-0.4, -0.2) is 37.7 Å². The summed E-state index contributed by atoms with van der Waals surface area (Å²) >= 11 is 0. The summed E-state index contributed by atoms with van der Waals surface area (Å²) in [6.07, 6.45) is 0. The van der Waals surface area contributed by atoms with Crippen LogP contribution in [0, 0.1) is 23.2 Å². The van der Waals surface area contributed by atoms with Gasteiger partial charge in [-0.05, 0) is 24.3 Å². The number of hydrogen-bond acceptors (Lipinski definition) is 3. The minimum Gasteiger partial charge on any atom is -0.379 e. The third-order valence-electron chi connectivity index (χ3n) is 2.65. The van der Waals surface area contributed by atoms with Crippen molar-refractivity contribution in [1.29, 1.82) is 5.26 Å². The van der Waals surface area contributed by atoms with Crippen LogP contribution in [0.3, 0.4) is 0 Å². The van der Waals surface area contributed by atoms with Gasteiger partial charge in [0.1, 0.15) is 0 Å². The number of rotatable bonds is 1. The summed E-state index contributed by atoms with van der Waals surface area (Å²) in [5.41, 5.74) is 1.63. The van der Waals surface area contributed by atoms with E-state index in [1.165, 1.54) is 0 Å². The molecule has 1 fully saturated rings. The standard InChI is InChI=1S/C14H14N2O/c15-12-14-5-3-13(4-6-14)2-1-7-16-8-10-17-11-9-16/h3-6H,7-11H2. The molecule has 17 heavy (non-hydrogen) atoms. The van der Waals surface area contributed by atoms with Crippen LogP contribution < -0.4 is 0 Å². The number of nitriles is 1. The fourth-order valence-corrected chi connectivity index (χ4v) is 1.64. The van der Waals surface area contributed by atoms with Crippen molar-refractivity contribution in [2.75, 3.05) is 32.8 Å². The lowest BCUT2D eigenvalue weighted by atomic mass is 10.1. The molecule has 2 rings (SSSR count). The number of nitrogens with zero attached hydrogens (tertiary/aromatic N) is 2. The molecule has 1 heterocycles. The van der Waals surface area contributed by atoms with E-state index in [-0.39, 0.29) is 0 Å². The Morgan fingerprint density at radius 1 is 1.12 bits per heavy atom. The Bertz CT molecular complexity index is 456. The first-order valence-electron chi connectivity index (χ1n) is 5.67. The third-order valence-corrected chi connectivity index (χ3v) is 2.65. The zero-order valence-electron chi connectivity index (χ0n) is 9.65. The Hall–Kier alpha value is -1.81. The zero-order valence-corrected chi connectivity index (χ0v) is 9.65. The molecule has 1 aliphatic heterocycles. The van der Waals surface area contributed by atoms with Crippen LogP contribution in [0.15, 0.2) is 24.3 Å². The maximum atomic E-state index is 8.67. The van der Waals surface area contributed by atoms with Crippen molar-refractivity contribution in [3.63, 3.8) is 0 Å². The van der Waals surface area contributed by atoms with Gasteiger partial charge in [0.05, 0.1) is 31.4 Å². The molecular weight excluding hydrogens is 212 g/mol. The molecule has 1 aliphatic rings. The van der Waals surface area contributed by atoms with Crippen LogP contribution in [-0.2, 0) is 4.74 Å². The highest BCUT2D eigenvalue weighted by Crippen LogP contribution is 2.01. The van der Waals surface area contributed by atoms with Gasteiger partial charge in [0.2, 0.25) is 0 Å². The van der Waals surface area contributed by atoms with E-state index in [1.807, 2.05) is 12.1 Å². The molecule has 0 atom stereocenters. The Morgan fingerprint density at radius 3 is 2.41 bits per heavy atom. The Kier molecular flexibility index (Phi) is 4.16. The number of ether oxygens (including phenoxy) is 1. The first-order chi connectivity index (χ1) is 8.38. The van der Waals surface area contributed by atoms with Gasteiger partial charge in [0.25, 0.3) is 0 Å². The van der Waals surface area contributed by atoms with Gasteiger partial charge < -0.3 is 4.74 Å². The second-order valence-electron chi connectivity index (χ2n) is 3.88. The highest BCUT2D eigenvalue weighted by Gasteiger charge is 2.07. The van der Waals surface area contributed by atoms with E-state index in [0.717, 1.165) is 38.4 Å². The monoisotopic (exact) mass is 226 g/mol. The molecule has 0 saturated carbocycles. The average Bonchev–Trinajstić information content (AvgIpc) is 2.41. The van der Waals surface area contributed by atoms with Crippen molar-refractivity contribution >= 4 is 0 Å². The maximum Gasteiger partial charge on any atom is 0.0991 e. The number of benzene rings is 1.